The Bertz CT molecular complexity index is 426. The maximum Gasteiger partial charge on any atom is 0.260 e. The normalized spacial score (nSPS) is 11.4. The first-order valence-corrected chi connectivity index (χ1v) is 6.24. The topological polar surface area (TPSA) is 63.6 Å². The lowest BCUT2D eigenvalue weighted by atomic mass is 10.3. The Morgan fingerprint density at radius 3 is 2.76 bits per heavy atom. The molecule has 17 heavy (non-hydrogen) atoms. The van der Waals surface area contributed by atoms with Gasteiger partial charge in [-0.15, -0.1) is 11.3 Å². The predicted octanol–water partition coefficient (Wildman–Crippen LogP) is 1.64. The summed E-state index contributed by atoms with van der Waals surface area (Å²) in [6.07, 6.45) is 0. The summed E-state index contributed by atoms with van der Waals surface area (Å²) >= 11 is 1.57. The van der Waals surface area contributed by atoms with Gasteiger partial charge in [-0.3, -0.25) is 4.79 Å². The first-order chi connectivity index (χ1) is 8.04. The molecule has 0 saturated heterocycles. The molecule has 1 N–H and O–H groups in total. The molecule has 0 spiro atoms. The molecule has 1 aromatic heterocycles. The molecule has 0 bridgehead atoms. The van der Waals surface area contributed by atoms with E-state index in [-0.39, 0.29) is 12.5 Å². The lowest BCUT2D eigenvalue weighted by molar-refractivity contribution is -0.125. The van der Waals surface area contributed by atoms with Gasteiger partial charge in [0.1, 0.15) is 0 Å². The van der Waals surface area contributed by atoms with Crippen molar-refractivity contribution in [2.75, 3.05) is 13.2 Å². The van der Waals surface area contributed by atoms with Gasteiger partial charge in [-0.25, -0.2) is 4.98 Å². The lowest BCUT2D eigenvalue weighted by Crippen LogP contribution is -2.26. The molecule has 1 amide bonds. The molecular formula is C11H17N3O2S. The largest absolute Gasteiger partial charge is 0.385 e. The van der Waals surface area contributed by atoms with E-state index in [1.807, 2.05) is 27.7 Å². The number of oxime groups is 1. The van der Waals surface area contributed by atoms with Gasteiger partial charge in [0.05, 0.1) is 21.3 Å². The highest BCUT2D eigenvalue weighted by Gasteiger charge is 2.08. The second-order valence-corrected chi connectivity index (χ2v) is 4.75. The Morgan fingerprint density at radius 2 is 2.24 bits per heavy atom. The van der Waals surface area contributed by atoms with Crippen molar-refractivity contribution in [3.63, 3.8) is 0 Å². The zero-order chi connectivity index (χ0) is 12.8. The fourth-order valence-electron chi connectivity index (χ4n) is 1.34. The Hall–Kier alpha value is -1.43. The van der Waals surface area contributed by atoms with E-state index < -0.39 is 0 Å². The summed E-state index contributed by atoms with van der Waals surface area (Å²) in [4.78, 5) is 21.4. The van der Waals surface area contributed by atoms with Gasteiger partial charge in [0.2, 0.25) is 0 Å². The number of carbonyl (C=O) groups excluding carboxylic acids is 1. The summed E-state index contributed by atoms with van der Waals surface area (Å²) in [5.74, 6) is -0.166. The maximum absolute atomic E-state index is 11.1. The van der Waals surface area contributed by atoms with Crippen LogP contribution >= 0.6 is 11.3 Å². The van der Waals surface area contributed by atoms with Gasteiger partial charge >= 0.3 is 0 Å². The zero-order valence-corrected chi connectivity index (χ0v) is 11.3. The number of likely N-dealkylation sites (N-methyl/N-ethyl adjacent to an activating group) is 1. The number of nitrogens with one attached hydrogen (secondary N) is 1. The summed E-state index contributed by atoms with van der Waals surface area (Å²) < 4.78 is 0. The van der Waals surface area contributed by atoms with E-state index in [9.17, 15) is 4.79 Å². The van der Waals surface area contributed by atoms with Crippen LogP contribution in [0.25, 0.3) is 0 Å². The molecule has 0 unspecified atom stereocenters. The summed E-state index contributed by atoms with van der Waals surface area (Å²) in [6.45, 7) is 8.12. The molecule has 0 aliphatic rings. The molecule has 0 fully saturated rings. The Balaban J connectivity index is 2.55. The number of carbonyl (C=O) groups is 1. The number of aromatic nitrogens is 1. The molecule has 1 heterocycles. The standard InChI is InChI=1S/C11H17N3O2S/c1-5-12-10(15)6-16-14-8(3)11-7(2)13-9(4)17-11/h5-6H2,1-4H3,(H,12,15)/b14-8+. The summed E-state index contributed by atoms with van der Waals surface area (Å²) in [7, 11) is 0. The van der Waals surface area contributed by atoms with Crippen molar-refractivity contribution >= 4 is 23.0 Å². The van der Waals surface area contributed by atoms with Crippen molar-refractivity contribution in [2.24, 2.45) is 5.16 Å². The van der Waals surface area contributed by atoms with Gasteiger partial charge in [-0.2, -0.15) is 0 Å². The third-order valence-electron chi connectivity index (χ3n) is 2.00. The smallest absolute Gasteiger partial charge is 0.260 e. The molecule has 0 aliphatic carbocycles. The van der Waals surface area contributed by atoms with Crippen molar-refractivity contribution in [3.05, 3.63) is 15.6 Å². The molecule has 0 saturated carbocycles. The number of thiazole rings is 1. The van der Waals surface area contributed by atoms with Crippen LogP contribution in [-0.2, 0) is 9.63 Å². The first-order valence-electron chi connectivity index (χ1n) is 5.42. The molecule has 6 heteroatoms. The minimum absolute atomic E-state index is 0.0536. The molecule has 1 aromatic rings. The van der Waals surface area contributed by atoms with Gasteiger partial charge in [0.15, 0.2) is 6.61 Å². The molecule has 0 aromatic carbocycles. The fourth-order valence-corrected chi connectivity index (χ4v) is 2.20. The maximum atomic E-state index is 11.1. The lowest BCUT2D eigenvalue weighted by Gasteiger charge is -2.01. The van der Waals surface area contributed by atoms with E-state index in [4.69, 9.17) is 4.84 Å². The highest BCUT2D eigenvalue weighted by Crippen LogP contribution is 2.17. The average molecular weight is 255 g/mol. The minimum Gasteiger partial charge on any atom is -0.385 e. The van der Waals surface area contributed by atoms with Crippen LogP contribution in [0.15, 0.2) is 5.16 Å². The van der Waals surface area contributed by atoms with Gasteiger partial charge in [-0.05, 0) is 27.7 Å². The minimum atomic E-state index is -0.166. The summed E-state index contributed by atoms with van der Waals surface area (Å²) in [6, 6.07) is 0. The highest BCUT2D eigenvalue weighted by molar-refractivity contribution is 7.13. The van der Waals surface area contributed by atoms with Crippen molar-refractivity contribution < 1.29 is 9.63 Å². The monoisotopic (exact) mass is 255 g/mol. The van der Waals surface area contributed by atoms with E-state index >= 15 is 0 Å². The van der Waals surface area contributed by atoms with E-state index in [0.717, 1.165) is 21.3 Å². The van der Waals surface area contributed by atoms with Crippen LogP contribution in [0.1, 0.15) is 29.4 Å². The van der Waals surface area contributed by atoms with Crippen molar-refractivity contribution in [1.29, 1.82) is 0 Å². The number of hydrogen-bond acceptors (Lipinski definition) is 5. The van der Waals surface area contributed by atoms with Crippen LogP contribution < -0.4 is 5.32 Å². The summed E-state index contributed by atoms with van der Waals surface area (Å²) in [5.41, 5.74) is 1.69. The summed E-state index contributed by atoms with van der Waals surface area (Å²) in [5, 5.41) is 7.54. The van der Waals surface area contributed by atoms with E-state index in [0.29, 0.717) is 6.54 Å². The molecule has 94 valence electrons. The third kappa shape index (κ3) is 4.14. The first kappa shape index (κ1) is 13.6. The van der Waals surface area contributed by atoms with Crippen LogP contribution in [0.4, 0.5) is 0 Å². The molecular weight excluding hydrogens is 238 g/mol. The molecule has 5 nitrogen and oxygen atoms in total. The Morgan fingerprint density at radius 1 is 1.53 bits per heavy atom. The number of nitrogens with zero attached hydrogens (tertiary/aromatic N) is 2. The third-order valence-corrected chi connectivity index (χ3v) is 3.18. The van der Waals surface area contributed by atoms with E-state index in [2.05, 4.69) is 15.5 Å². The molecule has 0 aliphatic heterocycles. The van der Waals surface area contributed by atoms with E-state index in [1.165, 1.54) is 0 Å². The second kappa shape index (κ2) is 6.34. The van der Waals surface area contributed by atoms with Crippen molar-refractivity contribution in [3.8, 4) is 0 Å². The van der Waals surface area contributed by atoms with Crippen LogP contribution in [-0.4, -0.2) is 29.8 Å². The highest BCUT2D eigenvalue weighted by atomic mass is 32.1. The van der Waals surface area contributed by atoms with Crippen molar-refractivity contribution in [2.45, 2.75) is 27.7 Å². The number of amides is 1. The van der Waals surface area contributed by atoms with Crippen LogP contribution in [0.3, 0.4) is 0 Å². The van der Waals surface area contributed by atoms with Crippen LogP contribution in [0, 0.1) is 13.8 Å². The Kier molecular flexibility index (Phi) is 5.09. The Labute approximate surface area is 105 Å². The molecule has 0 radical (unpaired) electrons. The predicted molar refractivity (Wildman–Crippen MR) is 68.4 cm³/mol. The second-order valence-electron chi connectivity index (χ2n) is 3.55. The van der Waals surface area contributed by atoms with Crippen LogP contribution in [0.2, 0.25) is 0 Å². The average Bonchev–Trinajstić information content (AvgIpc) is 2.58. The number of aryl methyl sites for hydroxylation is 2. The van der Waals surface area contributed by atoms with Gasteiger partial charge < -0.3 is 10.2 Å². The van der Waals surface area contributed by atoms with Gasteiger partial charge in [0, 0.05) is 6.54 Å². The molecule has 0 atom stereocenters. The van der Waals surface area contributed by atoms with E-state index in [1.54, 1.807) is 11.3 Å². The fraction of sp³-hybridized carbons (Fsp3) is 0.545. The van der Waals surface area contributed by atoms with Gasteiger partial charge in [0.25, 0.3) is 5.91 Å². The zero-order valence-electron chi connectivity index (χ0n) is 10.5. The van der Waals surface area contributed by atoms with Crippen molar-refractivity contribution in [1.82, 2.24) is 10.3 Å². The quantitative estimate of drug-likeness (QED) is 0.642. The van der Waals surface area contributed by atoms with Gasteiger partial charge in [-0.1, -0.05) is 5.16 Å². The number of hydrogen-bond donors (Lipinski definition) is 1. The molecule has 1 rings (SSSR count). The number of rotatable bonds is 5. The van der Waals surface area contributed by atoms with Crippen LogP contribution in [0.5, 0.6) is 0 Å². The SMILES string of the molecule is CCNC(=O)CO/N=C(\C)c1sc(C)nc1C.